The summed E-state index contributed by atoms with van der Waals surface area (Å²) in [6, 6.07) is 0.291. The van der Waals surface area contributed by atoms with Gasteiger partial charge in [0.05, 0.1) is 0 Å². The Morgan fingerprint density at radius 3 is 2.38 bits per heavy atom. The number of hydrogen-bond donors (Lipinski definition) is 1. The first kappa shape index (κ1) is 18.4. The smallest absolute Gasteiger partial charge is 0.225 e. The van der Waals surface area contributed by atoms with Gasteiger partial charge in [-0.1, -0.05) is 27.2 Å². The third-order valence-corrected chi connectivity index (χ3v) is 4.57. The maximum absolute atomic E-state index is 12.9. The Hall–Kier alpha value is -0.610. The first-order chi connectivity index (χ1) is 9.81. The Balaban J connectivity index is 2.63. The van der Waals surface area contributed by atoms with Gasteiger partial charge in [-0.05, 0) is 45.2 Å². The summed E-state index contributed by atoms with van der Waals surface area (Å²) in [5, 5.41) is 0. The average molecular weight is 297 g/mol. The zero-order chi connectivity index (χ0) is 16.0. The summed E-state index contributed by atoms with van der Waals surface area (Å²) >= 11 is 0. The number of amides is 1. The molecule has 2 N–H and O–H groups in total. The molecule has 0 heterocycles. The summed E-state index contributed by atoms with van der Waals surface area (Å²) in [5.41, 5.74) is 6.09. The predicted molar refractivity (Wildman–Crippen MR) is 89.1 cm³/mol. The van der Waals surface area contributed by atoms with Gasteiger partial charge < -0.3 is 15.5 Å². The zero-order valence-corrected chi connectivity index (χ0v) is 14.6. The Kier molecular flexibility index (Phi) is 7.67. The molecule has 124 valence electrons. The highest BCUT2D eigenvalue weighted by molar-refractivity contribution is 5.78. The zero-order valence-electron chi connectivity index (χ0n) is 14.6. The third kappa shape index (κ3) is 6.35. The maximum atomic E-state index is 12.9. The normalized spacial score (nSPS) is 24.4. The number of nitrogens with zero attached hydrogens (tertiary/aromatic N) is 2. The lowest BCUT2D eigenvalue weighted by atomic mass is 9.78. The fraction of sp³-hybridized carbons (Fsp3) is 0.941. The van der Waals surface area contributed by atoms with E-state index in [1.54, 1.807) is 0 Å². The lowest BCUT2D eigenvalue weighted by Gasteiger charge is -2.35. The summed E-state index contributed by atoms with van der Waals surface area (Å²) in [4.78, 5) is 17.1. The van der Waals surface area contributed by atoms with Crippen LogP contribution < -0.4 is 5.73 Å². The summed E-state index contributed by atoms with van der Waals surface area (Å²) in [6.45, 7) is 9.07. The Morgan fingerprint density at radius 1 is 1.19 bits per heavy atom. The Morgan fingerprint density at radius 2 is 1.86 bits per heavy atom. The molecule has 0 spiro atoms. The molecule has 21 heavy (non-hydrogen) atoms. The Labute approximate surface area is 131 Å². The van der Waals surface area contributed by atoms with Crippen LogP contribution in [0, 0.1) is 17.8 Å². The van der Waals surface area contributed by atoms with Crippen molar-refractivity contribution in [3.05, 3.63) is 0 Å². The van der Waals surface area contributed by atoms with Crippen LogP contribution in [0.15, 0.2) is 0 Å². The first-order valence-electron chi connectivity index (χ1n) is 8.50. The van der Waals surface area contributed by atoms with Crippen LogP contribution in [-0.2, 0) is 4.79 Å². The van der Waals surface area contributed by atoms with E-state index in [4.69, 9.17) is 5.73 Å². The van der Waals surface area contributed by atoms with E-state index in [2.05, 4.69) is 44.7 Å². The number of carbonyl (C=O) groups excluding carboxylic acids is 1. The molecule has 1 saturated carbocycles. The van der Waals surface area contributed by atoms with Crippen LogP contribution in [0.25, 0.3) is 0 Å². The number of hydrogen-bond acceptors (Lipinski definition) is 3. The predicted octanol–water partition coefficient (Wildman–Crippen LogP) is 2.19. The molecule has 3 unspecified atom stereocenters. The van der Waals surface area contributed by atoms with E-state index in [-0.39, 0.29) is 5.92 Å². The number of nitrogens with two attached hydrogens (primary N) is 1. The van der Waals surface area contributed by atoms with Crippen LogP contribution in [0.4, 0.5) is 0 Å². The molecule has 1 rings (SSSR count). The topological polar surface area (TPSA) is 49.6 Å². The molecule has 0 aromatic heterocycles. The van der Waals surface area contributed by atoms with Gasteiger partial charge in [0.25, 0.3) is 0 Å². The highest BCUT2D eigenvalue weighted by Crippen LogP contribution is 2.30. The summed E-state index contributed by atoms with van der Waals surface area (Å²) in [5.74, 6) is 1.41. The second kappa shape index (κ2) is 8.74. The molecule has 0 radical (unpaired) electrons. The largest absolute Gasteiger partial charge is 0.341 e. The van der Waals surface area contributed by atoms with Crippen LogP contribution in [0.3, 0.4) is 0 Å². The molecule has 0 aromatic carbocycles. The second-order valence-electron chi connectivity index (χ2n) is 7.46. The van der Waals surface area contributed by atoms with Crippen molar-refractivity contribution in [1.82, 2.24) is 9.80 Å². The molecule has 1 fully saturated rings. The van der Waals surface area contributed by atoms with Crippen LogP contribution in [0.2, 0.25) is 0 Å². The Bertz CT molecular complexity index is 317. The molecular formula is C17H35N3O. The molecule has 3 atom stereocenters. The van der Waals surface area contributed by atoms with Crippen molar-refractivity contribution in [3.63, 3.8) is 0 Å². The molecule has 4 heteroatoms. The highest BCUT2D eigenvalue weighted by Gasteiger charge is 2.31. The van der Waals surface area contributed by atoms with E-state index in [0.717, 1.165) is 38.9 Å². The molecule has 0 saturated heterocycles. The van der Waals surface area contributed by atoms with Gasteiger partial charge in [0.15, 0.2) is 0 Å². The van der Waals surface area contributed by atoms with Crippen LogP contribution in [0.1, 0.15) is 46.5 Å². The van der Waals surface area contributed by atoms with Crippen molar-refractivity contribution in [2.75, 3.05) is 33.7 Å². The fourth-order valence-corrected chi connectivity index (χ4v) is 3.26. The monoisotopic (exact) mass is 297 g/mol. The van der Waals surface area contributed by atoms with Gasteiger partial charge in [-0.2, -0.15) is 0 Å². The highest BCUT2D eigenvalue weighted by atomic mass is 16.2. The second-order valence-corrected chi connectivity index (χ2v) is 7.46. The van der Waals surface area contributed by atoms with Gasteiger partial charge >= 0.3 is 0 Å². The van der Waals surface area contributed by atoms with E-state index in [1.165, 1.54) is 6.42 Å². The molecular weight excluding hydrogens is 262 g/mol. The minimum atomic E-state index is 0.109. The van der Waals surface area contributed by atoms with Crippen molar-refractivity contribution in [2.45, 2.75) is 52.5 Å². The summed E-state index contributed by atoms with van der Waals surface area (Å²) in [6.07, 6.45) is 4.46. The van der Waals surface area contributed by atoms with Crippen molar-refractivity contribution in [1.29, 1.82) is 0 Å². The van der Waals surface area contributed by atoms with Gasteiger partial charge in [0.1, 0.15) is 0 Å². The van der Waals surface area contributed by atoms with E-state index >= 15 is 0 Å². The van der Waals surface area contributed by atoms with Gasteiger partial charge in [-0.25, -0.2) is 0 Å². The van der Waals surface area contributed by atoms with E-state index in [0.29, 0.717) is 23.8 Å². The third-order valence-electron chi connectivity index (χ3n) is 4.57. The molecule has 0 aromatic rings. The average Bonchev–Trinajstić information content (AvgIpc) is 2.41. The molecule has 1 aliphatic carbocycles. The van der Waals surface area contributed by atoms with Crippen LogP contribution >= 0.6 is 0 Å². The van der Waals surface area contributed by atoms with Crippen LogP contribution in [0.5, 0.6) is 0 Å². The minimum absolute atomic E-state index is 0.109. The molecule has 1 aliphatic rings. The lowest BCUT2D eigenvalue weighted by Crippen LogP contribution is -2.44. The summed E-state index contributed by atoms with van der Waals surface area (Å²) in [7, 11) is 4.11. The van der Waals surface area contributed by atoms with Crippen molar-refractivity contribution < 1.29 is 4.79 Å². The van der Waals surface area contributed by atoms with E-state index in [9.17, 15) is 4.79 Å². The van der Waals surface area contributed by atoms with Crippen molar-refractivity contribution in [3.8, 4) is 0 Å². The van der Waals surface area contributed by atoms with Crippen molar-refractivity contribution in [2.24, 2.45) is 23.5 Å². The van der Waals surface area contributed by atoms with Crippen LogP contribution in [-0.4, -0.2) is 55.5 Å². The van der Waals surface area contributed by atoms with Crippen molar-refractivity contribution >= 4 is 5.91 Å². The molecule has 0 aliphatic heterocycles. The van der Waals surface area contributed by atoms with Gasteiger partial charge in [-0.15, -0.1) is 0 Å². The molecule has 1 amide bonds. The maximum Gasteiger partial charge on any atom is 0.225 e. The fourth-order valence-electron chi connectivity index (χ4n) is 3.26. The number of rotatable bonds is 7. The number of likely N-dealkylation sites (N-methyl/N-ethyl adjacent to an activating group) is 1. The number of carbonyl (C=O) groups is 1. The minimum Gasteiger partial charge on any atom is -0.341 e. The molecule has 4 nitrogen and oxygen atoms in total. The lowest BCUT2D eigenvalue weighted by molar-refractivity contribution is -0.138. The quantitative estimate of drug-likeness (QED) is 0.783. The van der Waals surface area contributed by atoms with Gasteiger partial charge in [0.2, 0.25) is 5.91 Å². The first-order valence-corrected chi connectivity index (χ1v) is 8.50. The van der Waals surface area contributed by atoms with E-state index in [1.807, 2.05) is 0 Å². The summed E-state index contributed by atoms with van der Waals surface area (Å²) < 4.78 is 0. The molecule has 0 bridgehead atoms. The SMILES string of the molecule is CC(C)CN(CCN(C)C)C(=O)C(C)C1CCCC(N)C1. The van der Waals surface area contributed by atoms with E-state index < -0.39 is 0 Å². The standard InChI is InChI=1S/C17H35N3O/c1-13(2)12-20(10-9-19(4)5)17(21)14(3)15-7-6-8-16(18)11-15/h13-16H,6-12,18H2,1-5H3. The van der Waals surface area contributed by atoms with Gasteiger partial charge in [-0.3, -0.25) is 4.79 Å². The van der Waals surface area contributed by atoms with Gasteiger partial charge in [0, 0.05) is 31.6 Å².